The number of carboxylic acids is 1. The number of aliphatic carboxylic acids is 1. The predicted octanol–water partition coefficient (Wildman–Crippen LogP) is 4.68. The Morgan fingerprint density at radius 1 is 1.17 bits per heavy atom. The van der Waals surface area contributed by atoms with Crippen LogP contribution in [-0.4, -0.2) is 35.2 Å². The molecule has 0 aromatic carbocycles. The minimum absolute atomic E-state index is 0.0626. The zero-order valence-corrected chi connectivity index (χ0v) is 19.3. The topological polar surface area (TPSA) is 89.9 Å². The van der Waals surface area contributed by atoms with Crippen molar-refractivity contribution in [3.8, 4) is 0 Å². The minimum atomic E-state index is -0.941. The molecule has 2 aliphatic carbocycles. The van der Waals surface area contributed by atoms with Crippen molar-refractivity contribution in [1.82, 2.24) is 0 Å². The van der Waals surface area contributed by atoms with Gasteiger partial charge in [-0.2, -0.15) is 0 Å². The van der Waals surface area contributed by atoms with Crippen LogP contribution >= 0.6 is 0 Å². The Balaban J connectivity index is 2.55. The molecule has 2 aliphatic rings. The van der Waals surface area contributed by atoms with Gasteiger partial charge < -0.3 is 14.6 Å². The molecular weight excluding hydrogens is 384 g/mol. The third-order valence-corrected chi connectivity index (χ3v) is 7.72. The van der Waals surface area contributed by atoms with Crippen LogP contribution in [0.2, 0.25) is 0 Å². The first-order valence-corrected chi connectivity index (χ1v) is 10.8. The molecular formula is C24H36O6. The van der Waals surface area contributed by atoms with Crippen molar-refractivity contribution in [2.24, 2.45) is 22.7 Å². The standard InChI is InChI=1S/C24H36O6/c1-14(13-20(27)28)11-12-23(6)16(3)21(29-17(4)25)22(30-18(5)26)24(7)15(2)9-8-10-19(23)24/h9,13,16,19,21-22H,8,10-12H2,1-7H3,(H,27,28)/b14-13-/t16-,19-,21-,22+,23+,24+/m1/s1. The lowest BCUT2D eigenvalue weighted by Gasteiger charge is -2.62. The van der Waals surface area contributed by atoms with Crippen LogP contribution in [0.25, 0.3) is 0 Å². The van der Waals surface area contributed by atoms with Crippen LogP contribution in [0.5, 0.6) is 0 Å². The number of hydrogen-bond acceptors (Lipinski definition) is 5. The van der Waals surface area contributed by atoms with Gasteiger partial charge in [-0.25, -0.2) is 4.79 Å². The van der Waals surface area contributed by atoms with Gasteiger partial charge in [0.25, 0.3) is 0 Å². The molecule has 0 bridgehead atoms. The average Bonchev–Trinajstić information content (AvgIpc) is 2.62. The zero-order valence-electron chi connectivity index (χ0n) is 19.3. The number of esters is 2. The molecule has 0 amide bonds. The molecule has 0 unspecified atom stereocenters. The van der Waals surface area contributed by atoms with Crippen molar-refractivity contribution in [3.63, 3.8) is 0 Å². The van der Waals surface area contributed by atoms with Gasteiger partial charge in [-0.15, -0.1) is 0 Å². The minimum Gasteiger partial charge on any atom is -0.478 e. The van der Waals surface area contributed by atoms with E-state index in [1.165, 1.54) is 19.9 Å². The van der Waals surface area contributed by atoms with E-state index in [0.717, 1.165) is 30.4 Å². The van der Waals surface area contributed by atoms with E-state index in [4.69, 9.17) is 14.6 Å². The first-order chi connectivity index (χ1) is 13.8. The molecule has 6 nitrogen and oxygen atoms in total. The van der Waals surface area contributed by atoms with Gasteiger partial charge in [-0.3, -0.25) is 9.59 Å². The maximum absolute atomic E-state index is 12.0. The van der Waals surface area contributed by atoms with E-state index in [2.05, 4.69) is 33.8 Å². The normalized spacial score (nSPS) is 36.4. The van der Waals surface area contributed by atoms with Crippen LogP contribution in [0.4, 0.5) is 0 Å². The highest BCUT2D eigenvalue weighted by molar-refractivity contribution is 5.80. The van der Waals surface area contributed by atoms with Crippen LogP contribution in [0.3, 0.4) is 0 Å². The number of carboxylic acid groups (broad SMARTS) is 1. The second-order valence-electron chi connectivity index (χ2n) is 9.53. The molecule has 0 aliphatic heterocycles. The van der Waals surface area contributed by atoms with Gasteiger partial charge in [0, 0.05) is 31.3 Å². The maximum Gasteiger partial charge on any atom is 0.328 e. The quantitative estimate of drug-likeness (QED) is 0.381. The molecule has 0 aromatic heterocycles. The van der Waals surface area contributed by atoms with Crippen LogP contribution < -0.4 is 0 Å². The van der Waals surface area contributed by atoms with Crippen LogP contribution in [-0.2, 0) is 23.9 Å². The lowest BCUT2D eigenvalue weighted by molar-refractivity contribution is -0.222. The Morgan fingerprint density at radius 3 is 2.30 bits per heavy atom. The second-order valence-corrected chi connectivity index (χ2v) is 9.53. The van der Waals surface area contributed by atoms with Gasteiger partial charge in [0.2, 0.25) is 0 Å². The Bertz CT molecular complexity index is 766. The summed E-state index contributed by atoms with van der Waals surface area (Å²) in [4.78, 5) is 35.0. The summed E-state index contributed by atoms with van der Waals surface area (Å²) < 4.78 is 11.6. The molecule has 2 rings (SSSR count). The summed E-state index contributed by atoms with van der Waals surface area (Å²) in [5, 5.41) is 9.07. The largest absolute Gasteiger partial charge is 0.478 e. The van der Waals surface area contributed by atoms with E-state index < -0.39 is 29.6 Å². The predicted molar refractivity (Wildman–Crippen MR) is 114 cm³/mol. The molecule has 6 heteroatoms. The van der Waals surface area contributed by atoms with E-state index in [9.17, 15) is 14.4 Å². The summed E-state index contributed by atoms with van der Waals surface area (Å²) in [6.45, 7) is 13.1. The number of hydrogen-bond donors (Lipinski definition) is 1. The van der Waals surface area contributed by atoms with E-state index in [-0.39, 0.29) is 23.2 Å². The molecule has 30 heavy (non-hydrogen) atoms. The first kappa shape index (κ1) is 24.2. The summed E-state index contributed by atoms with van der Waals surface area (Å²) in [6, 6.07) is 0. The zero-order chi connectivity index (χ0) is 22.9. The molecule has 168 valence electrons. The van der Waals surface area contributed by atoms with Crippen molar-refractivity contribution < 1.29 is 29.0 Å². The van der Waals surface area contributed by atoms with E-state index >= 15 is 0 Å². The van der Waals surface area contributed by atoms with Crippen LogP contribution in [0, 0.1) is 22.7 Å². The number of fused-ring (bicyclic) bond motifs is 1. The summed E-state index contributed by atoms with van der Waals surface area (Å²) in [7, 11) is 0. The van der Waals surface area contributed by atoms with Gasteiger partial charge in [0.15, 0.2) is 0 Å². The summed E-state index contributed by atoms with van der Waals surface area (Å²) in [6.07, 6.45) is 5.64. The lowest BCUT2D eigenvalue weighted by Crippen LogP contribution is -2.64. The Hall–Kier alpha value is -2.11. The number of rotatable bonds is 6. The van der Waals surface area contributed by atoms with Crippen LogP contribution in [0.15, 0.2) is 23.3 Å². The summed E-state index contributed by atoms with van der Waals surface area (Å²) in [5.41, 5.74) is 1.27. The third-order valence-electron chi connectivity index (χ3n) is 7.72. The Labute approximate surface area is 179 Å². The molecule has 0 saturated heterocycles. The van der Waals surface area contributed by atoms with Crippen molar-refractivity contribution in [2.45, 2.75) is 86.4 Å². The fraction of sp³-hybridized carbons (Fsp3) is 0.708. The number of allylic oxidation sites excluding steroid dienone is 2. The molecule has 6 atom stereocenters. The number of carbonyl (C=O) groups is 3. The third kappa shape index (κ3) is 4.47. The summed E-state index contributed by atoms with van der Waals surface area (Å²) in [5.74, 6) is -1.58. The second kappa shape index (κ2) is 8.94. The Kier molecular flexibility index (Phi) is 7.20. The van der Waals surface area contributed by atoms with E-state index in [1.807, 2.05) is 6.92 Å². The summed E-state index contributed by atoms with van der Waals surface area (Å²) >= 11 is 0. The Morgan fingerprint density at radius 2 is 1.77 bits per heavy atom. The highest BCUT2D eigenvalue weighted by Gasteiger charge is 2.63. The maximum atomic E-state index is 12.0. The fourth-order valence-electron chi connectivity index (χ4n) is 5.87. The van der Waals surface area contributed by atoms with Gasteiger partial charge in [-0.1, -0.05) is 38.0 Å². The molecule has 0 heterocycles. The molecule has 1 N–H and O–H groups in total. The first-order valence-electron chi connectivity index (χ1n) is 10.8. The fourth-order valence-corrected chi connectivity index (χ4v) is 5.87. The molecule has 0 radical (unpaired) electrons. The number of ether oxygens (including phenoxy) is 2. The monoisotopic (exact) mass is 420 g/mol. The lowest BCUT2D eigenvalue weighted by atomic mass is 9.45. The molecule has 0 aromatic rings. The van der Waals surface area contributed by atoms with Crippen molar-refractivity contribution >= 4 is 17.9 Å². The van der Waals surface area contributed by atoms with Crippen LogP contribution in [0.1, 0.15) is 74.1 Å². The van der Waals surface area contributed by atoms with Gasteiger partial charge in [0.05, 0.1) is 0 Å². The van der Waals surface area contributed by atoms with Crippen molar-refractivity contribution in [2.75, 3.05) is 0 Å². The van der Waals surface area contributed by atoms with E-state index in [0.29, 0.717) is 6.42 Å². The molecule has 0 spiro atoms. The van der Waals surface area contributed by atoms with Gasteiger partial charge in [-0.05, 0) is 50.9 Å². The van der Waals surface area contributed by atoms with E-state index in [1.54, 1.807) is 0 Å². The molecule has 1 saturated carbocycles. The average molecular weight is 421 g/mol. The SMILES string of the molecule is CC(=O)O[C@@H]1[C@@H](C)[C@](C)(CC/C(C)=C\C(=O)O)[C@H]2CCC=C(C)[C@]2(C)[C@H]1OC(C)=O. The van der Waals surface area contributed by atoms with Gasteiger partial charge in [0.1, 0.15) is 12.2 Å². The molecule has 1 fully saturated rings. The number of carbonyl (C=O) groups excluding carboxylic acids is 2. The van der Waals surface area contributed by atoms with Crippen molar-refractivity contribution in [1.29, 1.82) is 0 Å². The highest BCUT2D eigenvalue weighted by atomic mass is 16.6. The van der Waals surface area contributed by atoms with Crippen molar-refractivity contribution in [3.05, 3.63) is 23.3 Å². The smallest absolute Gasteiger partial charge is 0.328 e. The highest BCUT2D eigenvalue weighted by Crippen LogP contribution is 2.63. The van der Waals surface area contributed by atoms with Gasteiger partial charge >= 0.3 is 17.9 Å².